The van der Waals surface area contributed by atoms with Gasteiger partial charge in [-0.3, -0.25) is 4.79 Å². The molecular formula is C10H21N3OS. The first-order chi connectivity index (χ1) is 6.99. The fraction of sp³-hybridized carbons (Fsp3) is 0.800. The Kier molecular flexibility index (Phi) is 7.03. The third kappa shape index (κ3) is 6.28. The van der Waals surface area contributed by atoms with Gasteiger partial charge in [0.05, 0.1) is 0 Å². The molecule has 0 radical (unpaired) electrons. The van der Waals surface area contributed by atoms with Gasteiger partial charge in [-0.1, -0.05) is 13.3 Å². The van der Waals surface area contributed by atoms with Gasteiger partial charge < -0.3 is 15.5 Å². The van der Waals surface area contributed by atoms with Crippen LogP contribution in [0.15, 0.2) is 0 Å². The lowest BCUT2D eigenvalue weighted by Gasteiger charge is -2.19. The molecule has 5 heteroatoms. The van der Waals surface area contributed by atoms with Crippen molar-refractivity contribution >= 4 is 23.2 Å². The van der Waals surface area contributed by atoms with Crippen molar-refractivity contribution in [3.05, 3.63) is 0 Å². The quantitative estimate of drug-likeness (QED) is 0.541. The summed E-state index contributed by atoms with van der Waals surface area (Å²) in [6, 6.07) is -0.276. The standard InChI is InChI=1S/C10H21N3OS/c1-5-6-7-11-10(15)12-8(2)9(14)13(3)4/h8H,5-7H2,1-4H3,(H2,11,12,15). The highest BCUT2D eigenvalue weighted by atomic mass is 32.1. The van der Waals surface area contributed by atoms with Crippen LogP contribution >= 0.6 is 12.2 Å². The molecule has 0 bridgehead atoms. The van der Waals surface area contributed by atoms with Crippen LogP contribution in [-0.4, -0.2) is 42.6 Å². The van der Waals surface area contributed by atoms with Crippen molar-refractivity contribution in [2.45, 2.75) is 32.7 Å². The van der Waals surface area contributed by atoms with Crippen LogP contribution in [0.5, 0.6) is 0 Å². The molecule has 0 aromatic rings. The molecule has 1 atom stereocenters. The van der Waals surface area contributed by atoms with Gasteiger partial charge in [0.2, 0.25) is 5.91 Å². The molecular weight excluding hydrogens is 210 g/mol. The number of rotatable bonds is 5. The molecule has 0 fully saturated rings. The molecule has 15 heavy (non-hydrogen) atoms. The summed E-state index contributed by atoms with van der Waals surface area (Å²) in [4.78, 5) is 13.0. The Bertz CT molecular complexity index is 219. The normalized spacial score (nSPS) is 11.7. The Morgan fingerprint density at radius 3 is 2.53 bits per heavy atom. The molecule has 0 aliphatic heterocycles. The first-order valence-corrected chi connectivity index (χ1v) is 5.65. The Morgan fingerprint density at radius 1 is 1.47 bits per heavy atom. The van der Waals surface area contributed by atoms with Gasteiger partial charge in [0.15, 0.2) is 5.11 Å². The lowest BCUT2D eigenvalue weighted by molar-refractivity contribution is -0.130. The van der Waals surface area contributed by atoms with E-state index in [9.17, 15) is 4.79 Å². The fourth-order valence-electron chi connectivity index (χ4n) is 1.08. The molecule has 0 heterocycles. The maximum absolute atomic E-state index is 11.5. The van der Waals surface area contributed by atoms with Crippen molar-refractivity contribution in [1.29, 1.82) is 0 Å². The Balaban J connectivity index is 3.81. The summed E-state index contributed by atoms with van der Waals surface area (Å²) < 4.78 is 0. The minimum absolute atomic E-state index is 0.0228. The summed E-state index contributed by atoms with van der Waals surface area (Å²) >= 11 is 5.06. The molecule has 88 valence electrons. The largest absolute Gasteiger partial charge is 0.363 e. The van der Waals surface area contributed by atoms with Gasteiger partial charge in [0, 0.05) is 20.6 Å². The van der Waals surface area contributed by atoms with E-state index in [1.54, 1.807) is 25.9 Å². The molecule has 4 nitrogen and oxygen atoms in total. The maximum atomic E-state index is 11.5. The first-order valence-electron chi connectivity index (χ1n) is 5.24. The first kappa shape index (κ1) is 14.2. The second-order valence-electron chi connectivity index (χ2n) is 3.71. The number of carbonyl (C=O) groups excluding carboxylic acids is 1. The summed E-state index contributed by atoms with van der Waals surface area (Å²) in [6.07, 6.45) is 2.21. The van der Waals surface area contributed by atoms with E-state index < -0.39 is 0 Å². The molecule has 0 saturated carbocycles. The van der Waals surface area contributed by atoms with E-state index in [0.29, 0.717) is 5.11 Å². The predicted octanol–water partition coefficient (Wildman–Crippen LogP) is 0.727. The molecule has 0 aliphatic rings. The zero-order valence-corrected chi connectivity index (χ0v) is 10.8. The monoisotopic (exact) mass is 231 g/mol. The van der Waals surface area contributed by atoms with Crippen molar-refractivity contribution in [2.24, 2.45) is 0 Å². The zero-order chi connectivity index (χ0) is 11.8. The van der Waals surface area contributed by atoms with Crippen molar-refractivity contribution < 1.29 is 4.79 Å². The molecule has 0 rings (SSSR count). The topological polar surface area (TPSA) is 44.4 Å². The van der Waals surface area contributed by atoms with Crippen LogP contribution < -0.4 is 10.6 Å². The third-order valence-electron chi connectivity index (χ3n) is 1.97. The van der Waals surface area contributed by atoms with E-state index in [-0.39, 0.29) is 11.9 Å². The van der Waals surface area contributed by atoms with Gasteiger partial charge in [-0.15, -0.1) is 0 Å². The number of likely N-dealkylation sites (N-methyl/N-ethyl adjacent to an activating group) is 1. The minimum Gasteiger partial charge on any atom is -0.363 e. The summed E-state index contributed by atoms with van der Waals surface area (Å²) in [5.41, 5.74) is 0. The molecule has 2 N–H and O–H groups in total. The number of thiocarbonyl (C=S) groups is 1. The van der Waals surface area contributed by atoms with Crippen molar-refractivity contribution in [3.8, 4) is 0 Å². The van der Waals surface area contributed by atoms with E-state index in [0.717, 1.165) is 19.4 Å². The van der Waals surface area contributed by atoms with Gasteiger partial charge in [-0.25, -0.2) is 0 Å². The molecule has 1 unspecified atom stereocenters. The fourth-order valence-corrected chi connectivity index (χ4v) is 1.35. The maximum Gasteiger partial charge on any atom is 0.244 e. The second kappa shape index (κ2) is 7.45. The Morgan fingerprint density at radius 2 is 2.07 bits per heavy atom. The van der Waals surface area contributed by atoms with Gasteiger partial charge in [-0.05, 0) is 25.6 Å². The number of unbranched alkanes of at least 4 members (excludes halogenated alkanes) is 1. The average Bonchev–Trinajstić information content (AvgIpc) is 2.16. The van der Waals surface area contributed by atoms with Crippen molar-refractivity contribution in [3.63, 3.8) is 0 Å². The number of amides is 1. The van der Waals surface area contributed by atoms with Crippen LogP contribution in [0.1, 0.15) is 26.7 Å². The SMILES string of the molecule is CCCCNC(=S)NC(C)C(=O)N(C)C. The summed E-state index contributed by atoms with van der Waals surface area (Å²) in [6.45, 7) is 4.78. The summed E-state index contributed by atoms with van der Waals surface area (Å²) in [5.74, 6) is 0.0228. The van der Waals surface area contributed by atoms with E-state index >= 15 is 0 Å². The molecule has 0 spiro atoms. The second-order valence-corrected chi connectivity index (χ2v) is 4.12. The lowest BCUT2D eigenvalue weighted by Crippen LogP contribution is -2.48. The highest BCUT2D eigenvalue weighted by Crippen LogP contribution is 1.89. The number of nitrogens with one attached hydrogen (secondary N) is 2. The van der Waals surface area contributed by atoms with E-state index in [1.807, 2.05) is 0 Å². The van der Waals surface area contributed by atoms with Crippen LogP contribution in [0.3, 0.4) is 0 Å². The predicted molar refractivity (Wildman–Crippen MR) is 66.8 cm³/mol. The third-order valence-corrected chi connectivity index (χ3v) is 2.24. The van der Waals surface area contributed by atoms with E-state index in [4.69, 9.17) is 12.2 Å². The molecule has 0 aromatic carbocycles. The summed E-state index contributed by atoms with van der Waals surface area (Å²) in [5, 5.41) is 6.55. The van der Waals surface area contributed by atoms with Crippen LogP contribution in [0.4, 0.5) is 0 Å². The molecule has 0 saturated heterocycles. The number of hydrogen-bond donors (Lipinski definition) is 2. The number of nitrogens with zero attached hydrogens (tertiary/aromatic N) is 1. The van der Waals surface area contributed by atoms with E-state index in [1.165, 1.54) is 0 Å². The van der Waals surface area contributed by atoms with Crippen LogP contribution in [0.25, 0.3) is 0 Å². The van der Waals surface area contributed by atoms with Crippen LogP contribution in [0.2, 0.25) is 0 Å². The van der Waals surface area contributed by atoms with Gasteiger partial charge in [0.1, 0.15) is 6.04 Å². The van der Waals surface area contributed by atoms with Crippen molar-refractivity contribution in [1.82, 2.24) is 15.5 Å². The molecule has 0 aliphatic carbocycles. The molecule has 0 aromatic heterocycles. The lowest BCUT2D eigenvalue weighted by atomic mass is 10.3. The highest BCUT2D eigenvalue weighted by Gasteiger charge is 2.14. The average molecular weight is 231 g/mol. The van der Waals surface area contributed by atoms with Gasteiger partial charge in [0.25, 0.3) is 0 Å². The van der Waals surface area contributed by atoms with E-state index in [2.05, 4.69) is 17.6 Å². The number of hydrogen-bond acceptors (Lipinski definition) is 2. The minimum atomic E-state index is -0.276. The number of carbonyl (C=O) groups is 1. The summed E-state index contributed by atoms with van der Waals surface area (Å²) in [7, 11) is 3.46. The zero-order valence-electron chi connectivity index (χ0n) is 9.96. The van der Waals surface area contributed by atoms with Crippen LogP contribution in [-0.2, 0) is 4.79 Å². The van der Waals surface area contributed by atoms with Crippen molar-refractivity contribution in [2.75, 3.05) is 20.6 Å². The molecule has 1 amide bonds. The Labute approximate surface area is 97.4 Å². The van der Waals surface area contributed by atoms with Gasteiger partial charge in [-0.2, -0.15) is 0 Å². The highest BCUT2D eigenvalue weighted by molar-refractivity contribution is 7.80. The van der Waals surface area contributed by atoms with Gasteiger partial charge >= 0.3 is 0 Å². The smallest absolute Gasteiger partial charge is 0.244 e. The van der Waals surface area contributed by atoms with Crippen LogP contribution in [0, 0.1) is 0 Å². The Hall–Kier alpha value is -0.840.